The Kier molecular flexibility index (Phi) is 8.57. The van der Waals surface area contributed by atoms with E-state index < -0.39 is 0 Å². The van der Waals surface area contributed by atoms with Gasteiger partial charge in [-0.05, 0) is 31.4 Å². The Morgan fingerprint density at radius 1 is 1.18 bits per heavy atom. The van der Waals surface area contributed by atoms with Gasteiger partial charge < -0.3 is 10.2 Å². The first kappa shape index (κ1) is 25.3. The Labute approximate surface area is 202 Å². The molecule has 1 aromatic heterocycles. The average molecular weight is 473 g/mol. The SMILES string of the molecule is CCCCCN(CC(=O)Nc1cc(C(C)(C)C)nn1-c1ccccc1Cl)C(=O)C1CCCC1. The Morgan fingerprint density at radius 2 is 1.88 bits per heavy atom. The molecule has 1 heterocycles. The largest absolute Gasteiger partial charge is 0.333 e. The molecular formula is C26H37ClN4O2. The molecule has 1 fully saturated rings. The minimum Gasteiger partial charge on any atom is -0.333 e. The van der Waals surface area contributed by atoms with Crippen LogP contribution in [0.3, 0.4) is 0 Å². The summed E-state index contributed by atoms with van der Waals surface area (Å²) in [5.74, 6) is 0.515. The highest BCUT2D eigenvalue weighted by Crippen LogP contribution is 2.29. The predicted molar refractivity (Wildman–Crippen MR) is 134 cm³/mol. The number of anilines is 1. The lowest BCUT2D eigenvalue weighted by Crippen LogP contribution is -2.41. The smallest absolute Gasteiger partial charge is 0.245 e. The number of unbranched alkanes of at least 4 members (excludes halogenated alkanes) is 2. The minimum absolute atomic E-state index is 0.0532. The van der Waals surface area contributed by atoms with Crippen molar-refractivity contribution >= 4 is 29.2 Å². The second-order valence-electron chi connectivity index (χ2n) is 10.0. The van der Waals surface area contributed by atoms with E-state index in [0.717, 1.165) is 50.6 Å². The number of amides is 2. The normalized spacial score (nSPS) is 14.5. The maximum Gasteiger partial charge on any atom is 0.245 e. The molecule has 180 valence electrons. The van der Waals surface area contributed by atoms with E-state index in [-0.39, 0.29) is 29.7 Å². The quantitative estimate of drug-likeness (QED) is 0.457. The molecule has 3 rings (SSSR count). The van der Waals surface area contributed by atoms with Gasteiger partial charge in [0.25, 0.3) is 0 Å². The zero-order valence-corrected chi connectivity index (χ0v) is 21.1. The summed E-state index contributed by atoms with van der Waals surface area (Å²) in [7, 11) is 0. The van der Waals surface area contributed by atoms with Crippen LogP contribution in [0, 0.1) is 5.92 Å². The van der Waals surface area contributed by atoms with Crippen LogP contribution in [0.2, 0.25) is 5.02 Å². The number of rotatable bonds is 9. The van der Waals surface area contributed by atoms with Crippen LogP contribution >= 0.6 is 11.6 Å². The van der Waals surface area contributed by atoms with Gasteiger partial charge in [-0.1, -0.05) is 77.1 Å². The molecule has 6 nitrogen and oxygen atoms in total. The third-order valence-electron chi connectivity index (χ3n) is 6.21. The first-order chi connectivity index (χ1) is 15.7. The number of nitrogens with zero attached hydrogens (tertiary/aromatic N) is 3. The number of benzene rings is 1. The van der Waals surface area contributed by atoms with Crippen LogP contribution in [0.25, 0.3) is 5.69 Å². The van der Waals surface area contributed by atoms with Crippen LogP contribution in [0.15, 0.2) is 30.3 Å². The molecule has 0 aliphatic heterocycles. The van der Waals surface area contributed by atoms with E-state index in [1.54, 1.807) is 15.6 Å². The van der Waals surface area contributed by atoms with Crippen molar-refractivity contribution in [2.75, 3.05) is 18.4 Å². The van der Waals surface area contributed by atoms with Gasteiger partial charge in [0, 0.05) is 23.9 Å². The Bertz CT molecular complexity index is 957. The highest BCUT2D eigenvalue weighted by Gasteiger charge is 2.29. The molecule has 7 heteroatoms. The van der Waals surface area contributed by atoms with Gasteiger partial charge in [0.2, 0.25) is 11.8 Å². The Morgan fingerprint density at radius 3 is 2.52 bits per heavy atom. The van der Waals surface area contributed by atoms with Crippen LogP contribution in [0.4, 0.5) is 5.82 Å². The molecule has 33 heavy (non-hydrogen) atoms. The lowest BCUT2D eigenvalue weighted by Gasteiger charge is -2.25. The van der Waals surface area contributed by atoms with Crippen molar-refractivity contribution in [3.05, 3.63) is 41.0 Å². The van der Waals surface area contributed by atoms with E-state index >= 15 is 0 Å². The monoisotopic (exact) mass is 472 g/mol. The van der Waals surface area contributed by atoms with Gasteiger partial charge in [0.05, 0.1) is 22.9 Å². The summed E-state index contributed by atoms with van der Waals surface area (Å²) in [6.45, 7) is 9.04. The van der Waals surface area contributed by atoms with Gasteiger partial charge in [-0.3, -0.25) is 9.59 Å². The van der Waals surface area contributed by atoms with Crippen LogP contribution in [-0.4, -0.2) is 39.6 Å². The number of carbonyl (C=O) groups is 2. The molecule has 1 N–H and O–H groups in total. The van der Waals surface area contributed by atoms with Crippen molar-refractivity contribution in [1.82, 2.24) is 14.7 Å². The lowest BCUT2D eigenvalue weighted by molar-refractivity contribution is -0.138. The first-order valence-electron chi connectivity index (χ1n) is 12.1. The number of carbonyl (C=O) groups excluding carboxylic acids is 2. The van der Waals surface area contributed by atoms with Crippen LogP contribution in [0.5, 0.6) is 0 Å². The van der Waals surface area contributed by atoms with Crippen molar-refractivity contribution in [2.45, 2.75) is 78.1 Å². The number of hydrogen-bond acceptors (Lipinski definition) is 3. The van der Waals surface area contributed by atoms with Crippen molar-refractivity contribution in [1.29, 1.82) is 0 Å². The van der Waals surface area contributed by atoms with Crippen LogP contribution in [-0.2, 0) is 15.0 Å². The fourth-order valence-corrected chi connectivity index (χ4v) is 4.47. The predicted octanol–water partition coefficient (Wildman–Crippen LogP) is 5.97. The molecule has 1 aliphatic rings. The van der Waals surface area contributed by atoms with E-state index in [9.17, 15) is 9.59 Å². The Balaban J connectivity index is 1.81. The highest BCUT2D eigenvalue weighted by molar-refractivity contribution is 6.32. The summed E-state index contributed by atoms with van der Waals surface area (Å²) >= 11 is 6.43. The molecule has 2 aromatic rings. The number of aromatic nitrogens is 2. The van der Waals surface area contributed by atoms with E-state index in [4.69, 9.17) is 16.7 Å². The fraction of sp³-hybridized carbons (Fsp3) is 0.577. The van der Waals surface area contributed by atoms with E-state index in [2.05, 4.69) is 33.0 Å². The third-order valence-corrected chi connectivity index (χ3v) is 6.53. The van der Waals surface area contributed by atoms with Gasteiger partial charge in [-0.25, -0.2) is 4.68 Å². The van der Waals surface area contributed by atoms with E-state index in [1.165, 1.54) is 0 Å². The highest BCUT2D eigenvalue weighted by atomic mass is 35.5. The molecule has 1 saturated carbocycles. The molecule has 2 amide bonds. The molecule has 0 saturated heterocycles. The molecule has 0 atom stereocenters. The maximum absolute atomic E-state index is 13.1. The number of halogens is 1. The van der Waals surface area contributed by atoms with Gasteiger partial charge in [0.15, 0.2) is 0 Å². The van der Waals surface area contributed by atoms with E-state index in [1.807, 2.05) is 24.3 Å². The zero-order valence-electron chi connectivity index (χ0n) is 20.4. The average Bonchev–Trinajstić information content (AvgIpc) is 3.43. The fourth-order valence-electron chi connectivity index (χ4n) is 4.25. The molecule has 1 aliphatic carbocycles. The van der Waals surface area contributed by atoms with Gasteiger partial charge in [0.1, 0.15) is 5.82 Å². The minimum atomic E-state index is -0.216. The first-order valence-corrected chi connectivity index (χ1v) is 12.5. The third kappa shape index (κ3) is 6.59. The molecule has 1 aromatic carbocycles. The Hall–Kier alpha value is -2.34. The molecule has 0 unspecified atom stereocenters. The molecule has 0 spiro atoms. The van der Waals surface area contributed by atoms with Gasteiger partial charge in [-0.15, -0.1) is 0 Å². The zero-order chi connectivity index (χ0) is 24.0. The van der Waals surface area contributed by atoms with Crippen molar-refractivity contribution < 1.29 is 9.59 Å². The van der Waals surface area contributed by atoms with E-state index in [0.29, 0.717) is 23.1 Å². The second kappa shape index (κ2) is 11.2. The molecule has 0 radical (unpaired) electrons. The van der Waals surface area contributed by atoms with Crippen LogP contribution in [0.1, 0.15) is 78.3 Å². The summed E-state index contributed by atoms with van der Waals surface area (Å²) in [6.07, 6.45) is 7.08. The maximum atomic E-state index is 13.1. The molecule has 0 bridgehead atoms. The number of nitrogens with one attached hydrogen (secondary N) is 1. The standard InChI is InChI=1S/C26H37ClN4O2/c1-5-6-11-16-30(25(33)19-12-7-8-13-19)18-24(32)28-23-17-22(26(2,3)4)29-31(23)21-15-10-9-14-20(21)27/h9-10,14-15,17,19H,5-8,11-13,16,18H2,1-4H3,(H,28,32). The summed E-state index contributed by atoms with van der Waals surface area (Å²) < 4.78 is 1.68. The lowest BCUT2D eigenvalue weighted by atomic mass is 9.92. The van der Waals surface area contributed by atoms with Crippen LogP contribution < -0.4 is 5.32 Å². The summed E-state index contributed by atoms with van der Waals surface area (Å²) in [4.78, 5) is 28.0. The summed E-state index contributed by atoms with van der Waals surface area (Å²) in [5, 5.41) is 8.29. The number of para-hydroxylation sites is 1. The van der Waals surface area contributed by atoms with Gasteiger partial charge in [-0.2, -0.15) is 5.10 Å². The van der Waals surface area contributed by atoms with Crippen molar-refractivity contribution in [2.24, 2.45) is 5.92 Å². The topological polar surface area (TPSA) is 67.2 Å². The summed E-state index contributed by atoms with van der Waals surface area (Å²) in [5.41, 5.74) is 1.35. The van der Waals surface area contributed by atoms with Crippen molar-refractivity contribution in [3.8, 4) is 5.69 Å². The second-order valence-corrected chi connectivity index (χ2v) is 10.4. The summed E-state index contributed by atoms with van der Waals surface area (Å²) in [6, 6.07) is 9.32. The van der Waals surface area contributed by atoms with Crippen molar-refractivity contribution in [3.63, 3.8) is 0 Å². The molecular weight excluding hydrogens is 436 g/mol. The number of hydrogen-bond donors (Lipinski definition) is 1. The van der Waals surface area contributed by atoms with Gasteiger partial charge >= 0.3 is 0 Å².